The van der Waals surface area contributed by atoms with Gasteiger partial charge in [0.2, 0.25) is 0 Å². The van der Waals surface area contributed by atoms with Gasteiger partial charge >= 0.3 is 0 Å². The number of rotatable bonds is 7. The van der Waals surface area contributed by atoms with Crippen molar-refractivity contribution in [3.05, 3.63) is 66.5 Å². The van der Waals surface area contributed by atoms with Crippen LogP contribution in [0.25, 0.3) is 22.3 Å². The number of H-pyrrole nitrogens is 1. The molecule has 0 saturated heterocycles. The van der Waals surface area contributed by atoms with Crippen molar-refractivity contribution in [2.24, 2.45) is 0 Å². The van der Waals surface area contributed by atoms with E-state index in [1.165, 1.54) is 0 Å². The summed E-state index contributed by atoms with van der Waals surface area (Å²) in [5.74, 6) is 0.496. The van der Waals surface area contributed by atoms with Crippen LogP contribution in [0.5, 0.6) is 5.75 Å². The number of methoxy groups -OCH3 is 1. The number of carbonyl (C=O) groups is 1. The van der Waals surface area contributed by atoms with Crippen LogP contribution in [0.1, 0.15) is 16.9 Å². The number of para-hydroxylation sites is 1. The fourth-order valence-electron chi connectivity index (χ4n) is 2.95. The molecule has 3 N–H and O–H groups in total. The molecule has 5 nitrogen and oxygen atoms in total. The molecule has 1 aromatic heterocycles. The highest BCUT2D eigenvalue weighted by molar-refractivity contribution is 6.04. The predicted octanol–water partition coefficient (Wildman–Crippen LogP) is 3.47. The first-order chi connectivity index (χ1) is 12.8. The van der Waals surface area contributed by atoms with E-state index >= 15 is 0 Å². The molecule has 3 rings (SSSR count). The molecule has 5 heteroatoms. The minimum atomic E-state index is -0.207. The monoisotopic (exact) mass is 350 g/mol. The van der Waals surface area contributed by atoms with Crippen LogP contribution in [0.2, 0.25) is 0 Å². The van der Waals surface area contributed by atoms with Crippen molar-refractivity contribution in [3.63, 3.8) is 0 Å². The number of carbonyl (C=O) groups excluding carboxylic acids is 1. The summed E-state index contributed by atoms with van der Waals surface area (Å²) in [6.07, 6.45) is 2.36. The summed E-state index contributed by atoms with van der Waals surface area (Å²) in [7, 11) is 1.62. The zero-order valence-corrected chi connectivity index (χ0v) is 14.7. The highest BCUT2D eigenvalue weighted by Crippen LogP contribution is 2.39. The number of aliphatic hydroxyl groups is 1. The Morgan fingerprint density at radius 2 is 1.81 bits per heavy atom. The van der Waals surface area contributed by atoms with Gasteiger partial charge in [-0.25, -0.2) is 0 Å². The standard InChI is InChI=1S/C21H22N2O3/c1-26-18-11-6-5-10-16(18)19-17(15-8-3-2-4-9-15)14-23-20(19)21(25)22-12-7-13-24/h2-6,8-11,14,23-24H,7,12-13H2,1H3,(H,22,25). The number of hydrogen-bond donors (Lipinski definition) is 3. The zero-order valence-electron chi connectivity index (χ0n) is 14.7. The summed E-state index contributed by atoms with van der Waals surface area (Å²) in [6.45, 7) is 0.458. The average molecular weight is 350 g/mol. The normalized spacial score (nSPS) is 10.5. The van der Waals surface area contributed by atoms with Gasteiger partial charge in [-0.3, -0.25) is 4.79 Å². The van der Waals surface area contributed by atoms with E-state index in [9.17, 15) is 4.79 Å². The number of benzene rings is 2. The maximum atomic E-state index is 12.7. The average Bonchev–Trinajstić information content (AvgIpc) is 3.13. The SMILES string of the molecule is COc1ccccc1-c1c(-c2ccccc2)c[nH]c1C(=O)NCCCO. The van der Waals surface area contributed by atoms with E-state index in [-0.39, 0.29) is 12.5 Å². The molecule has 0 aliphatic carbocycles. The minimum Gasteiger partial charge on any atom is -0.496 e. The second-order valence-corrected chi connectivity index (χ2v) is 5.85. The van der Waals surface area contributed by atoms with Crippen LogP contribution in [0.3, 0.4) is 0 Å². The third kappa shape index (κ3) is 3.63. The van der Waals surface area contributed by atoms with E-state index in [4.69, 9.17) is 9.84 Å². The maximum Gasteiger partial charge on any atom is 0.268 e. The molecular weight excluding hydrogens is 328 g/mol. The Balaban J connectivity index is 2.11. The molecule has 2 aromatic carbocycles. The molecule has 0 aliphatic heterocycles. The number of ether oxygens (including phenoxy) is 1. The highest BCUT2D eigenvalue weighted by Gasteiger charge is 2.22. The van der Waals surface area contributed by atoms with Gasteiger partial charge in [0.1, 0.15) is 11.4 Å². The Morgan fingerprint density at radius 3 is 2.54 bits per heavy atom. The first-order valence-electron chi connectivity index (χ1n) is 8.55. The van der Waals surface area contributed by atoms with Crippen molar-refractivity contribution in [2.45, 2.75) is 6.42 Å². The van der Waals surface area contributed by atoms with E-state index < -0.39 is 0 Å². The minimum absolute atomic E-state index is 0.0413. The molecule has 1 amide bonds. The van der Waals surface area contributed by atoms with Gasteiger partial charge in [-0.1, -0.05) is 48.5 Å². The van der Waals surface area contributed by atoms with Crippen LogP contribution in [-0.4, -0.2) is 36.3 Å². The van der Waals surface area contributed by atoms with Crippen LogP contribution >= 0.6 is 0 Å². The van der Waals surface area contributed by atoms with E-state index in [0.29, 0.717) is 24.4 Å². The molecule has 26 heavy (non-hydrogen) atoms. The number of amides is 1. The Bertz CT molecular complexity index is 872. The van der Waals surface area contributed by atoms with Gasteiger partial charge in [0.25, 0.3) is 5.91 Å². The Kier molecular flexibility index (Phi) is 5.71. The molecule has 1 heterocycles. The molecule has 134 valence electrons. The molecule has 0 bridgehead atoms. The van der Waals surface area contributed by atoms with Gasteiger partial charge in [0.15, 0.2) is 0 Å². The van der Waals surface area contributed by atoms with Crippen LogP contribution in [-0.2, 0) is 0 Å². The lowest BCUT2D eigenvalue weighted by atomic mass is 9.95. The topological polar surface area (TPSA) is 74.4 Å². The first kappa shape index (κ1) is 17.8. The highest BCUT2D eigenvalue weighted by atomic mass is 16.5. The fourth-order valence-corrected chi connectivity index (χ4v) is 2.95. The largest absolute Gasteiger partial charge is 0.496 e. The molecule has 0 atom stereocenters. The molecule has 0 unspecified atom stereocenters. The Labute approximate surface area is 152 Å². The molecule has 0 fully saturated rings. The second-order valence-electron chi connectivity index (χ2n) is 5.85. The second kappa shape index (κ2) is 8.36. The molecule has 0 spiro atoms. The van der Waals surface area contributed by atoms with Gasteiger partial charge < -0.3 is 20.1 Å². The number of aromatic amines is 1. The lowest BCUT2D eigenvalue weighted by Gasteiger charge is -2.12. The molecule has 0 aliphatic rings. The number of nitrogens with one attached hydrogen (secondary N) is 2. The van der Waals surface area contributed by atoms with Gasteiger partial charge in [-0.2, -0.15) is 0 Å². The summed E-state index contributed by atoms with van der Waals surface area (Å²) < 4.78 is 5.51. The fraction of sp³-hybridized carbons (Fsp3) is 0.190. The van der Waals surface area contributed by atoms with E-state index in [1.54, 1.807) is 7.11 Å². The summed E-state index contributed by atoms with van der Waals surface area (Å²) in [4.78, 5) is 15.8. The lowest BCUT2D eigenvalue weighted by Crippen LogP contribution is -2.25. The summed E-state index contributed by atoms with van der Waals surface area (Å²) in [5.41, 5.74) is 4.07. The van der Waals surface area contributed by atoms with Crippen LogP contribution in [0.4, 0.5) is 0 Å². The van der Waals surface area contributed by atoms with Crippen molar-refractivity contribution in [1.29, 1.82) is 0 Å². The number of aromatic nitrogens is 1. The van der Waals surface area contributed by atoms with E-state index in [0.717, 1.165) is 22.3 Å². The molecule has 0 radical (unpaired) electrons. The van der Waals surface area contributed by atoms with Gasteiger partial charge in [0, 0.05) is 36.0 Å². The van der Waals surface area contributed by atoms with Gasteiger partial charge in [-0.15, -0.1) is 0 Å². The van der Waals surface area contributed by atoms with E-state index in [1.807, 2.05) is 60.8 Å². The van der Waals surface area contributed by atoms with Crippen molar-refractivity contribution < 1.29 is 14.6 Å². The lowest BCUT2D eigenvalue weighted by molar-refractivity contribution is 0.0947. The molecule has 0 saturated carbocycles. The van der Waals surface area contributed by atoms with Crippen LogP contribution in [0.15, 0.2) is 60.8 Å². The van der Waals surface area contributed by atoms with Gasteiger partial charge in [0.05, 0.1) is 7.11 Å². The smallest absolute Gasteiger partial charge is 0.268 e. The summed E-state index contributed by atoms with van der Waals surface area (Å²) in [6, 6.07) is 17.6. The van der Waals surface area contributed by atoms with E-state index in [2.05, 4.69) is 10.3 Å². The van der Waals surface area contributed by atoms with Crippen molar-refractivity contribution >= 4 is 5.91 Å². The number of aliphatic hydroxyl groups excluding tert-OH is 1. The van der Waals surface area contributed by atoms with Crippen molar-refractivity contribution in [1.82, 2.24) is 10.3 Å². The third-order valence-corrected chi connectivity index (χ3v) is 4.19. The molecule has 3 aromatic rings. The third-order valence-electron chi connectivity index (χ3n) is 4.19. The summed E-state index contributed by atoms with van der Waals surface area (Å²) >= 11 is 0. The Morgan fingerprint density at radius 1 is 1.08 bits per heavy atom. The van der Waals surface area contributed by atoms with Crippen molar-refractivity contribution in [3.8, 4) is 28.0 Å². The quantitative estimate of drug-likeness (QED) is 0.571. The zero-order chi connectivity index (χ0) is 18.4. The Hall–Kier alpha value is -3.05. The van der Waals surface area contributed by atoms with Crippen LogP contribution < -0.4 is 10.1 Å². The van der Waals surface area contributed by atoms with Crippen molar-refractivity contribution in [2.75, 3.05) is 20.3 Å². The molecular formula is C21H22N2O3. The van der Waals surface area contributed by atoms with Gasteiger partial charge in [-0.05, 0) is 18.1 Å². The van der Waals surface area contributed by atoms with Crippen LogP contribution in [0, 0.1) is 0 Å². The summed E-state index contributed by atoms with van der Waals surface area (Å²) in [5, 5.41) is 11.8. The predicted molar refractivity (Wildman–Crippen MR) is 102 cm³/mol. The maximum absolute atomic E-state index is 12.7. The number of hydrogen-bond acceptors (Lipinski definition) is 3. The first-order valence-corrected chi connectivity index (χ1v) is 8.55.